The van der Waals surface area contributed by atoms with E-state index in [4.69, 9.17) is 4.74 Å². The Morgan fingerprint density at radius 1 is 0.970 bits per heavy atom. The highest BCUT2D eigenvalue weighted by molar-refractivity contribution is 6.10. The molecule has 0 fully saturated rings. The molecular weight excluding hydrogens is 416 g/mol. The van der Waals surface area contributed by atoms with Crippen molar-refractivity contribution in [2.75, 3.05) is 17.7 Å². The molecule has 0 radical (unpaired) electrons. The molecular formula is C27H24N2O4. The maximum Gasteiger partial charge on any atom is 0.193 e. The van der Waals surface area contributed by atoms with Crippen LogP contribution in [-0.4, -0.2) is 23.8 Å². The van der Waals surface area contributed by atoms with Crippen LogP contribution in [0.1, 0.15) is 46.8 Å². The van der Waals surface area contributed by atoms with Crippen LogP contribution in [0.3, 0.4) is 0 Å². The number of Topliss-reactive ketones (excluding diaryl/α,β-unsaturated/α-hetero) is 1. The van der Waals surface area contributed by atoms with Crippen LogP contribution in [0.5, 0.6) is 11.5 Å². The second kappa shape index (κ2) is 8.47. The Morgan fingerprint density at radius 3 is 2.58 bits per heavy atom. The van der Waals surface area contributed by atoms with Gasteiger partial charge < -0.3 is 20.5 Å². The van der Waals surface area contributed by atoms with Gasteiger partial charge in [-0.3, -0.25) is 9.59 Å². The third-order valence-corrected chi connectivity index (χ3v) is 6.19. The fraction of sp³-hybridized carbons (Fsp3) is 0.185. The van der Waals surface area contributed by atoms with Gasteiger partial charge in [0.05, 0.1) is 24.5 Å². The van der Waals surface area contributed by atoms with Crippen molar-refractivity contribution >= 4 is 22.9 Å². The molecule has 1 atom stereocenters. The van der Waals surface area contributed by atoms with Crippen molar-refractivity contribution in [3.63, 3.8) is 0 Å². The molecule has 2 aliphatic rings. The number of anilines is 2. The zero-order chi connectivity index (χ0) is 22.9. The SMILES string of the molecule is COc1cc([C@H]2Nc3ccc(C(=O)c4ccccc4)cc3NC3=C2C(=O)CCC3)ccc1O. The van der Waals surface area contributed by atoms with Gasteiger partial charge in [-0.1, -0.05) is 36.4 Å². The molecule has 3 aromatic carbocycles. The molecule has 5 rings (SSSR count). The average Bonchev–Trinajstić information content (AvgIpc) is 3.01. The molecule has 0 saturated carbocycles. The van der Waals surface area contributed by atoms with E-state index in [9.17, 15) is 14.7 Å². The molecule has 1 aliphatic carbocycles. The summed E-state index contributed by atoms with van der Waals surface area (Å²) in [4.78, 5) is 26.0. The fourth-order valence-corrected chi connectivity index (χ4v) is 4.51. The van der Waals surface area contributed by atoms with Crippen molar-refractivity contribution in [2.24, 2.45) is 0 Å². The van der Waals surface area contributed by atoms with E-state index in [1.807, 2.05) is 30.3 Å². The second-order valence-electron chi connectivity index (χ2n) is 8.26. The highest BCUT2D eigenvalue weighted by Gasteiger charge is 2.32. The van der Waals surface area contributed by atoms with Gasteiger partial charge in [0.1, 0.15) is 0 Å². The smallest absolute Gasteiger partial charge is 0.193 e. The molecule has 0 aromatic heterocycles. The van der Waals surface area contributed by atoms with E-state index in [2.05, 4.69) is 10.6 Å². The summed E-state index contributed by atoms with van der Waals surface area (Å²) in [5, 5.41) is 17.0. The number of methoxy groups -OCH3 is 1. The molecule has 6 nitrogen and oxygen atoms in total. The summed E-state index contributed by atoms with van der Waals surface area (Å²) in [5.41, 5.74) is 5.10. The van der Waals surface area contributed by atoms with Crippen LogP contribution in [0, 0.1) is 0 Å². The molecule has 0 amide bonds. The summed E-state index contributed by atoms with van der Waals surface area (Å²) in [5.74, 6) is 0.419. The molecule has 166 valence electrons. The lowest BCUT2D eigenvalue weighted by atomic mass is 9.86. The number of hydrogen-bond acceptors (Lipinski definition) is 6. The van der Waals surface area contributed by atoms with Crippen LogP contribution >= 0.6 is 0 Å². The lowest BCUT2D eigenvalue weighted by molar-refractivity contribution is -0.116. The van der Waals surface area contributed by atoms with Crippen LogP contribution in [0.15, 0.2) is 78.0 Å². The number of nitrogens with one attached hydrogen (secondary N) is 2. The number of phenolic OH excluding ortho intramolecular Hbond substituents is 1. The summed E-state index contributed by atoms with van der Waals surface area (Å²) >= 11 is 0. The third kappa shape index (κ3) is 3.84. The van der Waals surface area contributed by atoms with E-state index >= 15 is 0 Å². The largest absolute Gasteiger partial charge is 0.504 e. The predicted octanol–water partition coefficient (Wildman–Crippen LogP) is 5.22. The molecule has 6 heteroatoms. The van der Waals surface area contributed by atoms with Crippen molar-refractivity contribution in [1.29, 1.82) is 0 Å². The number of benzene rings is 3. The summed E-state index contributed by atoms with van der Waals surface area (Å²) in [7, 11) is 1.50. The maximum absolute atomic E-state index is 13.0. The van der Waals surface area contributed by atoms with Crippen LogP contribution in [0.4, 0.5) is 11.4 Å². The van der Waals surface area contributed by atoms with Crippen LogP contribution in [0.2, 0.25) is 0 Å². The third-order valence-electron chi connectivity index (χ3n) is 6.19. The number of rotatable bonds is 4. The van der Waals surface area contributed by atoms with Crippen molar-refractivity contribution in [3.8, 4) is 11.5 Å². The van der Waals surface area contributed by atoms with Crippen LogP contribution in [-0.2, 0) is 4.79 Å². The highest BCUT2D eigenvalue weighted by Crippen LogP contribution is 2.42. The predicted molar refractivity (Wildman–Crippen MR) is 127 cm³/mol. The molecule has 0 bridgehead atoms. The lowest BCUT2D eigenvalue weighted by Crippen LogP contribution is -2.23. The number of phenols is 1. The Balaban J connectivity index is 1.59. The van der Waals surface area contributed by atoms with Crippen molar-refractivity contribution < 1.29 is 19.4 Å². The summed E-state index contributed by atoms with van der Waals surface area (Å²) < 4.78 is 5.29. The molecule has 3 N–H and O–H groups in total. The number of ketones is 2. The summed E-state index contributed by atoms with van der Waals surface area (Å²) in [6.45, 7) is 0. The molecule has 0 unspecified atom stereocenters. The first kappa shape index (κ1) is 20.8. The topological polar surface area (TPSA) is 87.7 Å². The van der Waals surface area contributed by atoms with Crippen molar-refractivity contribution in [2.45, 2.75) is 25.3 Å². The monoisotopic (exact) mass is 440 g/mol. The van der Waals surface area contributed by atoms with E-state index < -0.39 is 6.04 Å². The Morgan fingerprint density at radius 2 is 1.79 bits per heavy atom. The standard InChI is InChI=1S/C27H24N2O4/c1-33-24-15-17(11-13-22(24)30)26-25-20(8-5-9-23(25)31)28-21-14-18(10-12-19(21)29-26)27(32)16-6-3-2-4-7-16/h2-4,6-7,10-15,26,28-30H,5,8-9H2,1H3/t26-/m1/s1. The van der Waals surface area contributed by atoms with Gasteiger partial charge in [0.25, 0.3) is 0 Å². The highest BCUT2D eigenvalue weighted by atomic mass is 16.5. The van der Waals surface area contributed by atoms with Gasteiger partial charge in [0, 0.05) is 28.8 Å². The average molecular weight is 440 g/mol. The first-order chi connectivity index (χ1) is 16.0. The van der Waals surface area contributed by atoms with Gasteiger partial charge in [-0.15, -0.1) is 0 Å². The van der Waals surface area contributed by atoms with Gasteiger partial charge >= 0.3 is 0 Å². The van der Waals surface area contributed by atoms with Gasteiger partial charge in [-0.2, -0.15) is 0 Å². The molecule has 1 aliphatic heterocycles. The van der Waals surface area contributed by atoms with Crippen molar-refractivity contribution in [1.82, 2.24) is 0 Å². The molecule has 33 heavy (non-hydrogen) atoms. The zero-order valence-corrected chi connectivity index (χ0v) is 18.2. The van der Waals surface area contributed by atoms with Gasteiger partial charge in [-0.25, -0.2) is 0 Å². The Hall–Kier alpha value is -4.06. The number of aromatic hydroxyl groups is 1. The summed E-state index contributed by atoms with van der Waals surface area (Å²) in [6.07, 6.45) is 2.00. The van der Waals surface area contributed by atoms with Crippen LogP contribution < -0.4 is 15.4 Å². The van der Waals surface area contributed by atoms with E-state index in [1.165, 1.54) is 7.11 Å². The van der Waals surface area contributed by atoms with E-state index in [-0.39, 0.29) is 17.3 Å². The molecule has 0 saturated heterocycles. The Labute approximate surface area is 191 Å². The Kier molecular flexibility index (Phi) is 5.34. The fourth-order valence-electron chi connectivity index (χ4n) is 4.51. The minimum atomic E-state index is -0.410. The lowest BCUT2D eigenvalue weighted by Gasteiger charge is -2.25. The number of ether oxygens (including phenoxy) is 1. The molecule has 1 heterocycles. The number of carbonyl (C=O) groups is 2. The van der Waals surface area contributed by atoms with E-state index in [0.29, 0.717) is 28.9 Å². The van der Waals surface area contributed by atoms with E-state index in [0.717, 1.165) is 35.5 Å². The van der Waals surface area contributed by atoms with Gasteiger partial charge in [0.2, 0.25) is 0 Å². The second-order valence-corrected chi connectivity index (χ2v) is 8.26. The number of carbonyl (C=O) groups excluding carboxylic acids is 2. The van der Waals surface area contributed by atoms with Crippen molar-refractivity contribution in [3.05, 3.63) is 94.7 Å². The maximum atomic E-state index is 13.0. The molecule has 3 aromatic rings. The minimum Gasteiger partial charge on any atom is -0.504 e. The minimum absolute atomic E-state index is 0.0432. The number of allylic oxidation sites excluding steroid dienone is 1. The molecule has 0 spiro atoms. The Bertz CT molecular complexity index is 1280. The zero-order valence-electron chi connectivity index (χ0n) is 18.2. The van der Waals surface area contributed by atoms with Gasteiger partial charge in [-0.05, 0) is 48.7 Å². The number of fused-ring (bicyclic) bond motifs is 1. The summed E-state index contributed by atoms with van der Waals surface area (Å²) in [6, 6.07) is 19.4. The number of hydrogen-bond donors (Lipinski definition) is 3. The van der Waals surface area contributed by atoms with E-state index in [1.54, 1.807) is 36.4 Å². The van der Waals surface area contributed by atoms with Gasteiger partial charge in [0.15, 0.2) is 23.1 Å². The first-order valence-electron chi connectivity index (χ1n) is 11.0. The quantitative estimate of drug-likeness (QED) is 0.482. The first-order valence-corrected chi connectivity index (χ1v) is 11.0. The van der Waals surface area contributed by atoms with Crippen LogP contribution in [0.25, 0.3) is 0 Å². The normalized spacial score (nSPS) is 17.2.